The van der Waals surface area contributed by atoms with Gasteiger partial charge < -0.3 is 9.47 Å². The van der Waals surface area contributed by atoms with Gasteiger partial charge in [0.1, 0.15) is 9.02 Å². The summed E-state index contributed by atoms with van der Waals surface area (Å²) in [4.78, 5) is 25.4. The molecule has 0 aliphatic heterocycles. The fourth-order valence-corrected chi connectivity index (χ4v) is 6.01. The molecule has 4 rings (SSSR count). The summed E-state index contributed by atoms with van der Waals surface area (Å²) in [6, 6.07) is 0. The van der Waals surface area contributed by atoms with Crippen molar-refractivity contribution >= 4 is 44.6 Å². The molecule has 2 atom stereocenters. The first-order valence-corrected chi connectivity index (χ1v) is 12.1. The highest BCUT2D eigenvalue weighted by Gasteiger charge is 2.63. The molecular formula is C18H27IO7S. The van der Waals surface area contributed by atoms with Gasteiger partial charge in [-0.05, 0) is 64.2 Å². The molecule has 0 amide bonds. The zero-order valence-electron chi connectivity index (χ0n) is 15.7. The fourth-order valence-electron chi connectivity index (χ4n) is 5.41. The summed E-state index contributed by atoms with van der Waals surface area (Å²) in [6.07, 6.45) is 4.71. The molecule has 0 aromatic rings. The summed E-state index contributed by atoms with van der Waals surface area (Å²) in [7, 11) is -4.05. The minimum atomic E-state index is -4.05. The van der Waals surface area contributed by atoms with Gasteiger partial charge in [0.2, 0.25) is 0 Å². The van der Waals surface area contributed by atoms with Crippen LogP contribution in [0, 0.1) is 17.3 Å². The Hall–Kier alpha value is -0.420. The van der Waals surface area contributed by atoms with E-state index in [1.165, 1.54) is 0 Å². The van der Waals surface area contributed by atoms with Gasteiger partial charge in [-0.15, -0.1) is 0 Å². The number of carbonyl (C=O) groups is 2. The first-order chi connectivity index (χ1) is 12.3. The number of halogens is 1. The average Bonchev–Trinajstić information content (AvgIpc) is 2.47. The molecule has 9 heteroatoms. The van der Waals surface area contributed by atoms with Crippen LogP contribution in [-0.4, -0.2) is 46.3 Å². The lowest BCUT2D eigenvalue weighted by molar-refractivity contribution is -0.213. The van der Waals surface area contributed by atoms with Crippen molar-refractivity contribution in [3.05, 3.63) is 0 Å². The lowest BCUT2D eigenvalue weighted by Crippen LogP contribution is -2.60. The van der Waals surface area contributed by atoms with E-state index >= 15 is 0 Å². The van der Waals surface area contributed by atoms with Gasteiger partial charge in [-0.2, -0.15) is 8.42 Å². The SMILES string of the molecule is CC(C)(I)C(=O)OC12CC3CC(C1)CC(C(=O)OCCCS(=O)(=O)O)(C3)C2. The van der Waals surface area contributed by atoms with Crippen LogP contribution < -0.4 is 0 Å². The molecule has 7 nitrogen and oxygen atoms in total. The number of hydrogen-bond donors (Lipinski definition) is 1. The van der Waals surface area contributed by atoms with Gasteiger partial charge in [0.25, 0.3) is 10.1 Å². The second kappa shape index (κ2) is 7.12. The molecule has 4 saturated carbocycles. The van der Waals surface area contributed by atoms with E-state index < -0.39 is 30.3 Å². The van der Waals surface area contributed by atoms with E-state index in [9.17, 15) is 18.0 Å². The third-order valence-electron chi connectivity index (χ3n) is 6.01. The number of rotatable bonds is 7. The third-order valence-corrected chi connectivity index (χ3v) is 7.26. The van der Waals surface area contributed by atoms with Gasteiger partial charge in [0, 0.05) is 6.42 Å². The lowest BCUT2D eigenvalue weighted by atomic mass is 9.48. The Morgan fingerprint density at radius 1 is 1.19 bits per heavy atom. The molecule has 1 N–H and O–H groups in total. The molecule has 4 fully saturated rings. The van der Waals surface area contributed by atoms with Gasteiger partial charge in [0.15, 0.2) is 0 Å². The summed E-state index contributed by atoms with van der Waals surface area (Å²) in [6.45, 7) is 3.59. The molecule has 0 aromatic heterocycles. The zero-order chi connectivity index (χ0) is 20.1. The summed E-state index contributed by atoms with van der Waals surface area (Å²) in [5, 5.41) is 0. The van der Waals surface area contributed by atoms with E-state index in [2.05, 4.69) is 22.6 Å². The maximum atomic E-state index is 12.9. The van der Waals surface area contributed by atoms with Crippen molar-refractivity contribution in [1.29, 1.82) is 0 Å². The van der Waals surface area contributed by atoms with E-state index in [0.29, 0.717) is 18.3 Å². The second-order valence-corrected chi connectivity index (χ2v) is 13.3. The van der Waals surface area contributed by atoms with Crippen molar-refractivity contribution in [3.63, 3.8) is 0 Å². The van der Waals surface area contributed by atoms with E-state index in [4.69, 9.17) is 14.0 Å². The molecule has 0 radical (unpaired) electrons. The molecule has 4 aliphatic rings. The minimum Gasteiger partial charge on any atom is -0.465 e. The largest absolute Gasteiger partial charge is 0.465 e. The van der Waals surface area contributed by atoms with Crippen molar-refractivity contribution < 1.29 is 32.0 Å². The number of alkyl halides is 1. The quantitative estimate of drug-likeness (QED) is 0.183. The van der Waals surface area contributed by atoms with E-state index in [1.54, 1.807) is 0 Å². The van der Waals surface area contributed by atoms with Crippen LogP contribution in [0.1, 0.15) is 58.8 Å². The molecule has 0 spiro atoms. The molecule has 0 aromatic carbocycles. The summed E-state index contributed by atoms with van der Waals surface area (Å²) < 4.78 is 41.1. The Kier molecular flexibility index (Phi) is 5.62. The van der Waals surface area contributed by atoms with Crippen LogP contribution in [0.5, 0.6) is 0 Å². The van der Waals surface area contributed by atoms with Crippen molar-refractivity contribution in [2.45, 2.75) is 67.8 Å². The maximum absolute atomic E-state index is 12.9. The number of esters is 2. The van der Waals surface area contributed by atoms with Gasteiger partial charge in [-0.3, -0.25) is 14.1 Å². The van der Waals surface area contributed by atoms with E-state index in [1.807, 2.05) is 13.8 Å². The Bertz CT molecular complexity index is 710. The Morgan fingerprint density at radius 3 is 2.30 bits per heavy atom. The molecular weight excluding hydrogens is 487 g/mol. The van der Waals surface area contributed by atoms with Crippen LogP contribution in [0.4, 0.5) is 0 Å². The molecule has 2 unspecified atom stereocenters. The highest BCUT2D eigenvalue weighted by molar-refractivity contribution is 14.1. The zero-order valence-corrected chi connectivity index (χ0v) is 18.7. The van der Waals surface area contributed by atoms with E-state index in [-0.39, 0.29) is 25.0 Å². The standard InChI is InChI=1S/C18H27IO7S/c1-16(2,19)14(20)26-18-9-12-6-13(10-18)8-17(7-12,11-18)15(21)25-4-3-5-27(22,23)24/h12-13H,3-11H2,1-2H3,(H,22,23,24). The Morgan fingerprint density at radius 2 is 1.78 bits per heavy atom. The van der Waals surface area contributed by atoms with Gasteiger partial charge >= 0.3 is 11.9 Å². The van der Waals surface area contributed by atoms with Gasteiger partial charge in [0.05, 0.1) is 17.8 Å². The van der Waals surface area contributed by atoms with Crippen molar-refractivity contribution in [2.24, 2.45) is 17.3 Å². The molecule has 154 valence electrons. The minimum absolute atomic E-state index is 0.0384. The van der Waals surface area contributed by atoms with Gasteiger partial charge in [-0.1, -0.05) is 22.6 Å². The maximum Gasteiger partial charge on any atom is 0.322 e. The topological polar surface area (TPSA) is 107 Å². The fraction of sp³-hybridized carbons (Fsp3) is 0.889. The molecule has 4 bridgehead atoms. The van der Waals surface area contributed by atoms with Crippen LogP contribution >= 0.6 is 22.6 Å². The first kappa shape index (κ1) is 21.3. The summed E-state index contributed by atoms with van der Waals surface area (Å²) in [5.41, 5.74) is -1.23. The molecule has 0 heterocycles. The monoisotopic (exact) mass is 514 g/mol. The number of hydrogen-bond acceptors (Lipinski definition) is 6. The Balaban J connectivity index is 1.69. The number of ether oxygens (including phenoxy) is 2. The Labute approximate surface area is 173 Å². The second-order valence-electron chi connectivity index (χ2n) is 9.06. The van der Waals surface area contributed by atoms with Crippen LogP contribution in [0.15, 0.2) is 0 Å². The number of carbonyl (C=O) groups excluding carboxylic acids is 2. The third kappa shape index (κ3) is 4.77. The molecule has 0 saturated heterocycles. The first-order valence-electron chi connectivity index (χ1n) is 9.37. The predicted octanol–water partition coefficient (Wildman–Crippen LogP) is 2.90. The molecule has 27 heavy (non-hydrogen) atoms. The predicted molar refractivity (Wildman–Crippen MR) is 106 cm³/mol. The average molecular weight is 514 g/mol. The van der Waals surface area contributed by atoms with Crippen LogP contribution in [-0.2, 0) is 29.2 Å². The van der Waals surface area contributed by atoms with Crippen molar-refractivity contribution in [2.75, 3.05) is 12.4 Å². The normalized spacial score (nSPS) is 35.1. The van der Waals surface area contributed by atoms with E-state index in [0.717, 1.165) is 32.1 Å². The van der Waals surface area contributed by atoms with Crippen LogP contribution in [0.2, 0.25) is 0 Å². The van der Waals surface area contributed by atoms with Crippen molar-refractivity contribution in [1.82, 2.24) is 0 Å². The summed E-state index contributed by atoms with van der Waals surface area (Å²) >= 11 is 2.07. The lowest BCUT2D eigenvalue weighted by Gasteiger charge is -2.60. The highest BCUT2D eigenvalue weighted by atomic mass is 127. The van der Waals surface area contributed by atoms with Crippen LogP contribution in [0.25, 0.3) is 0 Å². The highest BCUT2D eigenvalue weighted by Crippen LogP contribution is 2.63. The van der Waals surface area contributed by atoms with Crippen molar-refractivity contribution in [3.8, 4) is 0 Å². The van der Waals surface area contributed by atoms with Crippen LogP contribution in [0.3, 0.4) is 0 Å². The van der Waals surface area contributed by atoms with Gasteiger partial charge in [-0.25, -0.2) is 0 Å². The summed E-state index contributed by atoms with van der Waals surface area (Å²) in [5.74, 6) is -0.295. The smallest absolute Gasteiger partial charge is 0.322 e. The molecule has 4 aliphatic carbocycles.